The lowest BCUT2D eigenvalue weighted by molar-refractivity contribution is 0.0922. The maximum atomic E-state index is 12.2. The minimum atomic E-state index is -0.235. The Morgan fingerprint density at radius 1 is 1.26 bits per heavy atom. The fraction of sp³-hybridized carbons (Fsp3) is 0.692. The summed E-state index contributed by atoms with van der Waals surface area (Å²) in [7, 11) is 0. The number of rotatable bonds is 3. The zero-order chi connectivity index (χ0) is 13.8. The van der Waals surface area contributed by atoms with E-state index in [1.807, 2.05) is 13.8 Å². The molecule has 2 rings (SSSR count). The number of carbonyl (C=O) groups excluding carboxylic acids is 1. The molecule has 0 unspecified atom stereocenters. The van der Waals surface area contributed by atoms with E-state index in [0.717, 1.165) is 12.8 Å². The molecule has 3 N–H and O–H groups in total. The molecule has 0 atom stereocenters. The minimum absolute atomic E-state index is 0.0951. The number of nitrogens with two attached hydrogens (primary N) is 1. The fourth-order valence-corrected chi connectivity index (χ4v) is 2.26. The van der Waals surface area contributed by atoms with Crippen LogP contribution in [0.2, 0.25) is 0 Å². The normalized spacial score (nSPS) is 16.6. The maximum Gasteiger partial charge on any atom is 0.274 e. The van der Waals surface area contributed by atoms with Gasteiger partial charge in [0.1, 0.15) is 0 Å². The first-order chi connectivity index (χ1) is 9.08. The van der Waals surface area contributed by atoms with Crippen LogP contribution in [-0.2, 0) is 0 Å². The fourth-order valence-electron chi connectivity index (χ4n) is 2.26. The molecule has 1 aromatic rings. The number of anilines is 1. The molecule has 1 aliphatic rings. The second kappa shape index (κ2) is 5.95. The van der Waals surface area contributed by atoms with Gasteiger partial charge in [0.15, 0.2) is 17.3 Å². The molecule has 0 saturated heterocycles. The summed E-state index contributed by atoms with van der Waals surface area (Å²) in [5.41, 5.74) is 5.90. The molecule has 1 aromatic heterocycles. The number of nitrogens with one attached hydrogen (secondary N) is 1. The predicted molar refractivity (Wildman–Crippen MR) is 72.7 cm³/mol. The van der Waals surface area contributed by atoms with Crippen LogP contribution in [-0.4, -0.2) is 27.1 Å². The molecule has 0 radical (unpaired) electrons. The topological polar surface area (TPSA) is 93.8 Å². The summed E-state index contributed by atoms with van der Waals surface area (Å²) in [6, 6.07) is 0.234. The Balaban J connectivity index is 2.11. The summed E-state index contributed by atoms with van der Waals surface area (Å²) in [6.45, 7) is 3.91. The molecule has 1 heterocycles. The first kappa shape index (κ1) is 13.7. The van der Waals surface area contributed by atoms with Gasteiger partial charge in [-0.05, 0) is 12.8 Å². The molecular weight excluding hydrogens is 242 g/mol. The molecule has 1 fully saturated rings. The Morgan fingerprint density at radius 2 is 1.95 bits per heavy atom. The van der Waals surface area contributed by atoms with E-state index in [9.17, 15) is 4.79 Å². The summed E-state index contributed by atoms with van der Waals surface area (Å²) >= 11 is 0. The Hall–Kier alpha value is -1.72. The van der Waals surface area contributed by atoms with Gasteiger partial charge in [-0.25, -0.2) is 4.98 Å². The Kier molecular flexibility index (Phi) is 4.29. The standard InChI is InChI=1S/C13H21N5O/c1-8(2)12-16-10(11(14)17-18-12)13(19)15-9-6-4-3-5-7-9/h8-9H,3-7H2,1-2H3,(H2,14,17)(H,15,19). The molecule has 6 nitrogen and oxygen atoms in total. The van der Waals surface area contributed by atoms with Gasteiger partial charge in [0.25, 0.3) is 5.91 Å². The van der Waals surface area contributed by atoms with Crippen LogP contribution in [0.15, 0.2) is 0 Å². The van der Waals surface area contributed by atoms with Gasteiger partial charge in [-0.2, -0.15) is 0 Å². The molecule has 6 heteroatoms. The number of aromatic nitrogens is 3. The van der Waals surface area contributed by atoms with Crippen molar-refractivity contribution in [2.24, 2.45) is 0 Å². The van der Waals surface area contributed by atoms with Gasteiger partial charge >= 0.3 is 0 Å². The Bertz CT molecular complexity index is 454. The van der Waals surface area contributed by atoms with Gasteiger partial charge in [-0.1, -0.05) is 33.1 Å². The minimum Gasteiger partial charge on any atom is -0.380 e. The molecule has 1 saturated carbocycles. The second-order valence-corrected chi connectivity index (χ2v) is 5.37. The molecule has 0 aromatic carbocycles. The predicted octanol–water partition coefficient (Wildman–Crippen LogP) is 1.64. The number of hydrogen-bond donors (Lipinski definition) is 2. The SMILES string of the molecule is CC(C)c1nnc(N)c(C(=O)NC2CCCCC2)n1. The lowest BCUT2D eigenvalue weighted by Gasteiger charge is -2.22. The molecule has 1 aliphatic carbocycles. The van der Waals surface area contributed by atoms with E-state index in [2.05, 4.69) is 20.5 Å². The van der Waals surface area contributed by atoms with Crippen LogP contribution in [0, 0.1) is 0 Å². The number of amides is 1. The Morgan fingerprint density at radius 3 is 2.58 bits per heavy atom. The van der Waals surface area contributed by atoms with Gasteiger partial charge in [0.2, 0.25) is 0 Å². The van der Waals surface area contributed by atoms with E-state index < -0.39 is 0 Å². The van der Waals surface area contributed by atoms with Gasteiger partial charge in [0.05, 0.1) is 0 Å². The summed E-state index contributed by atoms with van der Waals surface area (Å²) in [5.74, 6) is 0.524. The molecule has 0 bridgehead atoms. The van der Waals surface area contributed by atoms with Crippen molar-refractivity contribution in [1.82, 2.24) is 20.5 Å². The van der Waals surface area contributed by atoms with E-state index >= 15 is 0 Å². The van der Waals surface area contributed by atoms with Crippen molar-refractivity contribution in [2.45, 2.75) is 57.9 Å². The summed E-state index contributed by atoms with van der Waals surface area (Å²) in [5, 5.41) is 10.7. The van der Waals surface area contributed by atoms with E-state index in [4.69, 9.17) is 5.73 Å². The summed E-state index contributed by atoms with van der Waals surface area (Å²) in [6.07, 6.45) is 5.64. The molecule has 19 heavy (non-hydrogen) atoms. The highest BCUT2D eigenvalue weighted by Gasteiger charge is 2.21. The van der Waals surface area contributed by atoms with E-state index in [-0.39, 0.29) is 29.4 Å². The van der Waals surface area contributed by atoms with Crippen molar-refractivity contribution >= 4 is 11.7 Å². The zero-order valence-corrected chi connectivity index (χ0v) is 11.5. The highest BCUT2D eigenvalue weighted by molar-refractivity contribution is 5.96. The van der Waals surface area contributed by atoms with Crippen LogP contribution in [0.25, 0.3) is 0 Å². The zero-order valence-electron chi connectivity index (χ0n) is 11.5. The number of hydrogen-bond acceptors (Lipinski definition) is 5. The lowest BCUT2D eigenvalue weighted by Crippen LogP contribution is -2.37. The van der Waals surface area contributed by atoms with Crippen molar-refractivity contribution in [3.8, 4) is 0 Å². The van der Waals surface area contributed by atoms with Crippen LogP contribution >= 0.6 is 0 Å². The average molecular weight is 263 g/mol. The van der Waals surface area contributed by atoms with Gasteiger partial charge < -0.3 is 11.1 Å². The first-order valence-corrected chi connectivity index (χ1v) is 6.89. The second-order valence-electron chi connectivity index (χ2n) is 5.37. The van der Waals surface area contributed by atoms with E-state index in [1.165, 1.54) is 19.3 Å². The van der Waals surface area contributed by atoms with Gasteiger partial charge in [-0.3, -0.25) is 4.79 Å². The van der Waals surface area contributed by atoms with E-state index in [0.29, 0.717) is 5.82 Å². The van der Waals surface area contributed by atoms with Crippen molar-refractivity contribution in [3.63, 3.8) is 0 Å². The lowest BCUT2D eigenvalue weighted by atomic mass is 9.95. The van der Waals surface area contributed by atoms with Crippen LogP contribution in [0.3, 0.4) is 0 Å². The van der Waals surface area contributed by atoms with Crippen molar-refractivity contribution in [1.29, 1.82) is 0 Å². The molecule has 104 valence electrons. The highest BCUT2D eigenvalue weighted by atomic mass is 16.2. The third kappa shape index (κ3) is 3.39. The highest BCUT2D eigenvalue weighted by Crippen LogP contribution is 2.18. The van der Waals surface area contributed by atoms with Crippen LogP contribution < -0.4 is 11.1 Å². The van der Waals surface area contributed by atoms with Crippen LogP contribution in [0.4, 0.5) is 5.82 Å². The number of nitrogen functional groups attached to an aromatic ring is 1. The summed E-state index contributed by atoms with van der Waals surface area (Å²) in [4.78, 5) is 16.4. The molecule has 0 aliphatic heterocycles. The monoisotopic (exact) mass is 263 g/mol. The number of carbonyl (C=O) groups is 1. The summed E-state index contributed by atoms with van der Waals surface area (Å²) < 4.78 is 0. The maximum absolute atomic E-state index is 12.2. The Labute approximate surface area is 113 Å². The van der Waals surface area contributed by atoms with Crippen LogP contribution in [0.5, 0.6) is 0 Å². The third-order valence-electron chi connectivity index (χ3n) is 3.40. The van der Waals surface area contributed by atoms with Crippen molar-refractivity contribution < 1.29 is 4.79 Å². The largest absolute Gasteiger partial charge is 0.380 e. The van der Waals surface area contributed by atoms with Crippen molar-refractivity contribution in [2.75, 3.05) is 5.73 Å². The van der Waals surface area contributed by atoms with Gasteiger partial charge in [-0.15, -0.1) is 10.2 Å². The first-order valence-electron chi connectivity index (χ1n) is 6.89. The quantitative estimate of drug-likeness (QED) is 0.864. The smallest absolute Gasteiger partial charge is 0.274 e. The third-order valence-corrected chi connectivity index (χ3v) is 3.40. The number of nitrogens with zero attached hydrogens (tertiary/aromatic N) is 3. The van der Waals surface area contributed by atoms with E-state index in [1.54, 1.807) is 0 Å². The molecule has 1 amide bonds. The van der Waals surface area contributed by atoms with Gasteiger partial charge in [0, 0.05) is 12.0 Å². The molecular formula is C13H21N5O. The van der Waals surface area contributed by atoms with Crippen LogP contribution in [0.1, 0.15) is 68.2 Å². The average Bonchev–Trinajstić information content (AvgIpc) is 2.40. The van der Waals surface area contributed by atoms with Crippen molar-refractivity contribution in [3.05, 3.63) is 11.5 Å². The molecule has 0 spiro atoms.